The van der Waals surface area contributed by atoms with Crippen LogP contribution in [0.5, 0.6) is 11.5 Å². The van der Waals surface area contributed by atoms with Gasteiger partial charge < -0.3 is 19.8 Å². The Morgan fingerprint density at radius 1 is 1.00 bits per heavy atom. The first-order valence-electron chi connectivity index (χ1n) is 9.90. The van der Waals surface area contributed by atoms with Crippen LogP contribution in [0.3, 0.4) is 0 Å². The molecule has 0 unspecified atom stereocenters. The minimum absolute atomic E-state index is 0.448. The number of ether oxygens (including phenoxy) is 2. The number of fused-ring (bicyclic) bond motifs is 1. The molecule has 3 aromatic carbocycles. The Morgan fingerprint density at radius 3 is 2.63 bits per heavy atom. The van der Waals surface area contributed by atoms with Crippen LogP contribution in [-0.2, 0) is 19.6 Å². The van der Waals surface area contributed by atoms with Crippen LogP contribution < -0.4 is 14.8 Å². The monoisotopic (exact) mass is 421 g/mol. The Labute approximate surface area is 181 Å². The highest BCUT2D eigenvalue weighted by atomic mass is 35.5. The summed E-state index contributed by atoms with van der Waals surface area (Å²) < 4.78 is 11.6. The van der Waals surface area contributed by atoms with Crippen LogP contribution in [-0.4, -0.2) is 23.6 Å². The molecule has 4 aromatic rings. The van der Waals surface area contributed by atoms with Crippen molar-refractivity contribution < 1.29 is 9.47 Å². The van der Waals surface area contributed by atoms with E-state index in [0.717, 1.165) is 52.4 Å². The van der Waals surface area contributed by atoms with Crippen LogP contribution in [0.2, 0.25) is 5.02 Å². The first-order chi connectivity index (χ1) is 14.7. The van der Waals surface area contributed by atoms with Crippen molar-refractivity contribution in [2.24, 2.45) is 0 Å². The van der Waals surface area contributed by atoms with E-state index in [1.807, 2.05) is 66.7 Å². The Bertz CT molecular complexity index is 1080. The van der Waals surface area contributed by atoms with Crippen molar-refractivity contribution in [3.63, 3.8) is 0 Å². The summed E-state index contributed by atoms with van der Waals surface area (Å²) in [5.41, 5.74) is 4.17. The lowest BCUT2D eigenvalue weighted by Gasteiger charge is -2.15. The van der Waals surface area contributed by atoms with Crippen LogP contribution >= 0.6 is 11.6 Å². The number of nitrogens with zero attached hydrogens (tertiary/aromatic N) is 1. The van der Waals surface area contributed by atoms with Gasteiger partial charge in [0.25, 0.3) is 0 Å². The summed E-state index contributed by atoms with van der Waals surface area (Å²) in [4.78, 5) is 7.98. The molecule has 0 saturated carbocycles. The topological polar surface area (TPSA) is 59.2 Å². The van der Waals surface area contributed by atoms with Gasteiger partial charge in [-0.05, 0) is 35.9 Å². The quantitative estimate of drug-likeness (QED) is 0.367. The predicted molar refractivity (Wildman–Crippen MR) is 120 cm³/mol. The van der Waals surface area contributed by atoms with Gasteiger partial charge in [-0.15, -0.1) is 0 Å². The maximum absolute atomic E-state index is 6.11. The van der Waals surface area contributed by atoms with Crippen LogP contribution in [0.4, 0.5) is 0 Å². The molecule has 1 aromatic heterocycles. The highest BCUT2D eigenvalue weighted by Crippen LogP contribution is 2.32. The molecule has 0 atom stereocenters. The summed E-state index contributed by atoms with van der Waals surface area (Å²) in [5.74, 6) is 2.46. The third-order valence-corrected chi connectivity index (χ3v) is 5.12. The number of rotatable bonds is 9. The molecular formula is C24H24ClN3O2. The minimum Gasteiger partial charge on any atom is -0.493 e. The number of methoxy groups -OCH3 is 1. The zero-order valence-electron chi connectivity index (χ0n) is 16.8. The molecule has 0 bridgehead atoms. The Hall–Kier alpha value is -3.02. The van der Waals surface area contributed by atoms with E-state index in [0.29, 0.717) is 18.2 Å². The number of aromatic amines is 1. The van der Waals surface area contributed by atoms with Crippen molar-refractivity contribution >= 4 is 22.6 Å². The number of H-pyrrole nitrogens is 1. The molecule has 0 spiro atoms. The molecule has 0 amide bonds. The maximum Gasteiger partial charge on any atom is 0.166 e. The summed E-state index contributed by atoms with van der Waals surface area (Å²) >= 11 is 5.96. The van der Waals surface area contributed by atoms with E-state index in [4.69, 9.17) is 21.1 Å². The lowest BCUT2D eigenvalue weighted by atomic mass is 10.1. The number of halogens is 1. The third-order valence-electron chi connectivity index (χ3n) is 4.87. The molecule has 6 heteroatoms. The summed E-state index contributed by atoms with van der Waals surface area (Å²) in [6, 6.07) is 21.7. The van der Waals surface area contributed by atoms with Crippen molar-refractivity contribution in [3.8, 4) is 11.5 Å². The van der Waals surface area contributed by atoms with Crippen molar-refractivity contribution in [1.29, 1.82) is 0 Å². The standard InChI is InChI=1S/C24H24ClN3O2/c1-29-22-8-4-5-18(24(22)30-16-17-9-11-19(25)12-10-17)15-26-14-13-23-27-20-6-2-3-7-21(20)28-23/h2-12,26H,13-16H2,1H3,(H,27,28). The van der Waals surface area contributed by atoms with Gasteiger partial charge in [0.1, 0.15) is 12.4 Å². The molecular weight excluding hydrogens is 398 g/mol. The van der Waals surface area contributed by atoms with Gasteiger partial charge in [0.05, 0.1) is 18.1 Å². The fraction of sp³-hybridized carbons (Fsp3) is 0.208. The van der Waals surface area contributed by atoms with Gasteiger partial charge in [-0.1, -0.05) is 48.0 Å². The lowest BCUT2D eigenvalue weighted by molar-refractivity contribution is 0.280. The lowest BCUT2D eigenvalue weighted by Crippen LogP contribution is -2.18. The fourth-order valence-corrected chi connectivity index (χ4v) is 3.44. The molecule has 0 aliphatic carbocycles. The smallest absolute Gasteiger partial charge is 0.166 e. The zero-order chi connectivity index (χ0) is 20.8. The second-order valence-electron chi connectivity index (χ2n) is 6.99. The van der Waals surface area contributed by atoms with Gasteiger partial charge in [-0.25, -0.2) is 4.98 Å². The third kappa shape index (κ3) is 4.93. The van der Waals surface area contributed by atoms with Crippen molar-refractivity contribution in [3.05, 3.63) is 88.7 Å². The first-order valence-corrected chi connectivity index (χ1v) is 10.3. The molecule has 0 aliphatic rings. The molecule has 2 N–H and O–H groups in total. The average Bonchev–Trinajstić information content (AvgIpc) is 3.19. The number of hydrogen-bond donors (Lipinski definition) is 2. The molecule has 0 fully saturated rings. The van der Waals surface area contributed by atoms with E-state index in [1.165, 1.54) is 0 Å². The molecule has 154 valence electrons. The number of hydrogen-bond acceptors (Lipinski definition) is 4. The van der Waals surface area contributed by atoms with E-state index < -0.39 is 0 Å². The van der Waals surface area contributed by atoms with Gasteiger partial charge >= 0.3 is 0 Å². The van der Waals surface area contributed by atoms with Gasteiger partial charge in [0.15, 0.2) is 11.5 Å². The van der Waals surface area contributed by atoms with Crippen LogP contribution in [0, 0.1) is 0 Å². The minimum atomic E-state index is 0.448. The number of nitrogens with one attached hydrogen (secondary N) is 2. The summed E-state index contributed by atoms with van der Waals surface area (Å²) in [5, 5.41) is 4.19. The average molecular weight is 422 g/mol. The molecule has 5 nitrogen and oxygen atoms in total. The van der Waals surface area contributed by atoms with Gasteiger partial charge in [0, 0.05) is 30.1 Å². The van der Waals surface area contributed by atoms with E-state index in [2.05, 4.69) is 15.3 Å². The van der Waals surface area contributed by atoms with Crippen LogP contribution in [0.15, 0.2) is 66.7 Å². The molecule has 0 aliphatic heterocycles. The fourth-order valence-electron chi connectivity index (χ4n) is 3.32. The normalized spacial score (nSPS) is 11.0. The molecule has 0 saturated heterocycles. The highest BCUT2D eigenvalue weighted by molar-refractivity contribution is 6.30. The number of benzene rings is 3. The summed E-state index contributed by atoms with van der Waals surface area (Å²) in [6.45, 7) is 1.92. The largest absolute Gasteiger partial charge is 0.493 e. The van der Waals surface area contributed by atoms with E-state index in [1.54, 1.807) is 7.11 Å². The Balaban J connectivity index is 1.37. The molecule has 4 rings (SSSR count). The second-order valence-corrected chi connectivity index (χ2v) is 7.43. The van der Waals surface area contributed by atoms with Crippen molar-refractivity contribution in [2.75, 3.05) is 13.7 Å². The van der Waals surface area contributed by atoms with Gasteiger partial charge in [0.2, 0.25) is 0 Å². The van der Waals surface area contributed by atoms with Crippen LogP contribution in [0.1, 0.15) is 17.0 Å². The van der Waals surface area contributed by atoms with E-state index in [-0.39, 0.29) is 0 Å². The van der Waals surface area contributed by atoms with Gasteiger partial charge in [-0.2, -0.15) is 0 Å². The number of imidazole rings is 1. The second kappa shape index (κ2) is 9.65. The Kier molecular flexibility index (Phi) is 6.52. The summed E-state index contributed by atoms with van der Waals surface area (Å²) in [6.07, 6.45) is 0.819. The molecule has 0 radical (unpaired) electrons. The summed E-state index contributed by atoms with van der Waals surface area (Å²) in [7, 11) is 1.66. The highest BCUT2D eigenvalue weighted by Gasteiger charge is 2.11. The first kappa shape index (κ1) is 20.3. The van der Waals surface area contributed by atoms with Crippen molar-refractivity contribution in [1.82, 2.24) is 15.3 Å². The SMILES string of the molecule is COc1cccc(CNCCc2nc3ccccc3[nH]2)c1OCc1ccc(Cl)cc1. The predicted octanol–water partition coefficient (Wildman–Crippen LogP) is 5.14. The van der Waals surface area contributed by atoms with Crippen LogP contribution in [0.25, 0.3) is 11.0 Å². The Morgan fingerprint density at radius 2 is 1.83 bits per heavy atom. The van der Waals surface area contributed by atoms with E-state index >= 15 is 0 Å². The molecule has 30 heavy (non-hydrogen) atoms. The number of aromatic nitrogens is 2. The van der Waals surface area contributed by atoms with E-state index in [9.17, 15) is 0 Å². The number of para-hydroxylation sites is 3. The zero-order valence-corrected chi connectivity index (χ0v) is 17.6. The van der Waals surface area contributed by atoms with Gasteiger partial charge in [-0.3, -0.25) is 0 Å². The maximum atomic E-state index is 6.11. The molecule has 1 heterocycles. The van der Waals surface area contributed by atoms with Crippen molar-refractivity contribution in [2.45, 2.75) is 19.6 Å².